The van der Waals surface area contributed by atoms with Gasteiger partial charge in [0.25, 0.3) is 5.56 Å². The monoisotopic (exact) mass is 293 g/mol. The van der Waals surface area contributed by atoms with Gasteiger partial charge in [0.15, 0.2) is 6.04 Å². The summed E-state index contributed by atoms with van der Waals surface area (Å²) in [5.74, 6) is -0.386. The molecule has 0 amide bonds. The Hall–Kier alpha value is -1.85. The SMILES string of the molecule is CCCC(C(=O)OCC)n1ncc(N2CCCC2)cc1=O. The summed E-state index contributed by atoms with van der Waals surface area (Å²) >= 11 is 0. The predicted octanol–water partition coefficient (Wildman–Crippen LogP) is 1.75. The number of hydrogen-bond donors (Lipinski definition) is 0. The van der Waals surface area contributed by atoms with Gasteiger partial charge in [0, 0.05) is 19.2 Å². The van der Waals surface area contributed by atoms with Crippen LogP contribution in [0.15, 0.2) is 17.1 Å². The zero-order chi connectivity index (χ0) is 15.2. The van der Waals surface area contributed by atoms with Crippen molar-refractivity contribution in [2.75, 3.05) is 24.6 Å². The average Bonchev–Trinajstić information content (AvgIpc) is 2.99. The van der Waals surface area contributed by atoms with Gasteiger partial charge in [0.1, 0.15) is 0 Å². The van der Waals surface area contributed by atoms with Crippen LogP contribution in [-0.2, 0) is 9.53 Å². The lowest BCUT2D eigenvalue weighted by Crippen LogP contribution is -2.33. The van der Waals surface area contributed by atoms with Crippen molar-refractivity contribution in [1.82, 2.24) is 9.78 Å². The predicted molar refractivity (Wildman–Crippen MR) is 80.5 cm³/mol. The molecule has 0 bridgehead atoms. The van der Waals surface area contributed by atoms with Gasteiger partial charge in [-0.1, -0.05) is 13.3 Å². The Balaban J connectivity index is 2.24. The maximum atomic E-state index is 12.3. The second-order valence-corrected chi connectivity index (χ2v) is 5.25. The van der Waals surface area contributed by atoms with Crippen molar-refractivity contribution in [2.24, 2.45) is 0 Å². The van der Waals surface area contributed by atoms with Crippen molar-refractivity contribution >= 4 is 11.7 Å². The first-order valence-corrected chi connectivity index (χ1v) is 7.67. The zero-order valence-corrected chi connectivity index (χ0v) is 12.7. The summed E-state index contributed by atoms with van der Waals surface area (Å²) in [6.07, 6.45) is 5.30. The van der Waals surface area contributed by atoms with Gasteiger partial charge in [-0.15, -0.1) is 0 Å². The Labute approximate surface area is 124 Å². The third-order valence-electron chi connectivity index (χ3n) is 3.70. The van der Waals surface area contributed by atoms with Crippen LogP contribution >= 0.6 is 0 Å². The van der Waals surface area contributed by atoms with Gasteiger partial charge in [-0.25, -0.2) is 9.48 Å². The fourth-order valence-corrected chi connectivity index (χ4v) is 2.64. The van der Waals surface area contributed by atoms with Crippen LogP contribution in [0.3, 0.4) is 0 Å². The third kappa shape index (κ3) is 3.62. The standard InChI is InChI=1S/C15H23N3O3/c1-3-7-13(15(20)21-4-2)18-14(19)10-12(11-16-18)17-8-5-6-9-17/h10-11,13H,3-9H2,1-2H3. The summed E-state index contributed by atoms with van der Waals surface area (Å²) in [6, 6.07) is 0.940. The van der Waals surface area contributed by atoms with Crippen LogP contribution in [-0.4, -0.2) is 35.4 Å². The van der Waals surface area contributed by atoms with Crippen molar-refractivity contribution in [3.05, 3.63) is 22.6 Å². The Morgan fingerprint density at radius 3 is 2.67 bits per heavy atom. The fraction of sp³-hybridized carbons (Fsp3) is 0.667. The maximum Gasteiger partial charge on any atom is 0.331 e. The normalized spacial score (nSPS) is 16.0. The molecule has 0 aromatic carbocycles. The van der Waals surface area contributed by atoms with E-state index in [2.05, 4.69) is 10.00 Å². The smallest absolute Gasteiger partial charge is 0.331 e. The minimum atomic E-state index is -0.630. The molecule has 2 rings (SSSR count). The number of esters is 1. The van der Waals surface area contributed by atoms with E-state index in [4.69, 9.17) is 4.74 Å². The van der Waals surface area contributed by atoms with E-state index in [1.165, 1.54) is 4.68 Å². The molecule has 1 aromatic rings. The molecule has 1 aliphatic heterocycles. The summed E-state index contributed by atoms with van der Waals surface area (Å²) < 4.78 is 6.30. The number of aromatic nitrogens is 2. The van der Waals surface area contributed by atoms with Crippen LogP contribution in [0, 0.1) is 0 Å². The van der Waals surface area contributed by atoms with E-state index in [0.717, 1.165) is 38.0 Å². The highest BCUT2D eigenvalue weighted by Crippen LogP contribution is 2.18. The molecule has 1 atom stereocenters. The van der Waals surface area contributed by atoms with Gasteiger partial charge in [-0.3, -0.25) is 4.79 Å². The highest BCUT2D eigenvalue weighted by Gasteiger charge is 2.24. The van der Waals surface area contributed by atoms with Gasteiger partial charge >= 0.3 is 5.97 Å². The molecule has 6 heteroatoms. The summed E-state index contributed by atoms with van der Waals surface area (Å²) in [7, 11) is 0. The summed E-state index contributed by atoms with van der Waals surface area (Å²) in [5, 5.41) is 4.21. The molecule has 0 N–H and O–H groups in total. The second kappa shape index (κ2) is 7.24. The molecule has 0 radical (unpaired) electrons. The fourth-order valence-electron chi connectivity index (χ4n) is 2.64. The van der Waals surface area contributed by atoms with Crippen LogP contribution in [0.1, 0.15) is 45.6 Å². The van der Waals surface area contributed by atoms with Crippen LogP contribution in [0.4, 0.5) is 5.69 Å². The largest absolute Gasteiger partial charge is 0.464 e. The number of carbonyl (C=O) groups excluding carboxylic acids is 1. The average molecular weight is 293 g/mol. The van der Waals surface area contributed by atoms with Gasteiger partial charge in [0.05, 0.1) is 18.5 Å². The summed E-state index contributed by atoms with van der Waals surface area (Å²) in [5.41, 5.74) is 0.596. The van der Waals surface area contributed by atoms with Crippen LogP contribution in [0.25, 0.3) is 0 Å². The molecule has 0 aliphatic carbocycles. The Morgan fingerprint density at radius 1 is 1.38 bits per heavy atom. The molecule has 6 nitrogen and oxygen atoms in total. The number of nitrogens with zero attached hydrogens (tertiary/aromatic N) is 3. The van der Waals surface area contributed by atoms with E-state index in [0.29, 0.717) is 13.0 Å². The van der Waals surface area contributed by atoms with Gasteiger partial charge < -0.3 is 9.64 Å². The second-order valence-electron chi connectivity index (χ2n) is 5.25. The van der Waals surface area contributed by atoms with E-state index in [1.54, 1.807) is 19.2 Å². The van der Waals surface area contributed by atoms with Crippen LogP contribution in [0.5, 0.6) is 0 Å². The first-order chi connectivity index (χ1) is 10.2. The Morgan fingerprint density at radius 2 is 2.10 bits per heavy atom. The molecule has 2 heterocycles. The number of ether oxygens (including phenoxy) is 1. The molecule has 1 unspecified atom stereocenters. The summed E-state index contributed by atoms with van der Waals surface area (Å²) in [4.78, 5) is 26.4. The quantitative estimate of drug-likeness (QED) is 0.748. The van der Waals surface area contributed by atoms with E-state index in [1.807, 2.05) is 6.92 Å². The molecule has 21 heavy (non-hydrogen) atoms. The highest BCUT2D eigenvalue weighted by molar-refractivity contribution is 5.74. The van der Waals surface area contributed by atoms with Gasteiger partial charge in [0.2, 0.25) is 0 Å². The van der Waals surface area contributed by atoms with E-state index in [-0.39, 0.29) is 11.5 Å². The van der Waals surface area contributed by atoms with Gasteiger partial charge in [-0.2, -0.15) is 5.10 Å². The Kier molecular flexibility index (Phi) is 5.36. The van der Waals surface area contributed by atoms with Crippen molar-refractivity contribution in [2.45, 2.75) is 45.6 Å². The summed E-state index contributed by atoms with van der Waals surface area (Å²) in [6.45, 7) is 5.95. The number of carbonyl (C=O) groups is 1. The molecule has 0 spiro atoms. The highest BCUT2D eigenvalue weighted by atomic mass is 16.5. The lowest BCUT2D eigenvalue weighted by molar-refractivity contribution is -0.147. The van der Waals surface area contributed by atoms with Crippen molar-refractivity contribution in [3.8, 4) is 0 Å². The molecule has 0 saturated carbocycles. The number of hydrogen-bond acceptors (Lipinski definition) is 5. The molecule has 1 fully saturated rings. The molecular formula is C15H23N3O3. The van der Waals surface area contributed by atoms with Crippen molar-refractivity contribution in [3.63, 3.8) is 0 Å². The van der Waals surface area contributed by atoms with Gasteiger partial charge in [-0.05, 0) is 26.2 Å². The van der Waals surface area contributed by atoms with E-state index < -0.39 is 6.04 Å². The van der Waals surface area contributed by atoms with Crippen LogP contribution < -0.4 is 10.5 Å². The topological polar surface area (TPSA) is 64.4 Å². The lowest BCUT2D eigenvalue weighted by atomic mass is 10.1. The number of rotatable bonds is 6. The number of anilines is 1. The third-order valence-corrected chi connectivity index (χ3v) is 3.70. The zero-order valence-electron chi connectivity index (χ0n) is 12.7. The molecular weight excluding hydrogens is 270 g/mol. The minimum Gasteiger partial charge on any atom is -0.464 e. The molecule has 1 aromatic heterocycles. The lowest BCUT2D eigenvalue weighted by Gasteiger charge is -2.20. The van der Waals surface area contributed by atoms with Crippen molar-refractivity contribution < 1.29 is 9.53 Å². The maximum absolute atomic E-state index is 12.3. The van der Waals surface area contributed by atoms with Crippen LogP contribution in [0.2, 0.25) is 0 Å². The molecule has 116 valence electrons. The Bertz CT molecular complexity index is 535. The van der Waals surface area contributed by atoms with E-state index in [9.17, 15) is 9.59 Å². The van der Waals surface area contributed by atoms with Crippen molar-refractivity contribution in [1.29, 1.82) is 0 Å². The molecule has 1 aliphatic rings. The first-order valence-electron chi connectivity index (χ1n) is 7.67. The molecule has 1 saturated heterocycles. The first kappa shape index (κ1) is 15.5. The van der Waals surface area contributed by atoms with E-state index >= 15 is 0 Å². The minimum absolute atomic E-state index is 0.245.